The van der Waals surface area contributed by atoms with Gasteiger partial charge in [-0.05, 0) is 31.5 Å². The normalized spacial score (nSPS) is 11.3. The van der Waals surface area contributed by atoms with E-state index in [1.165, 1.54) is 6.07 Å². The Balaban J connectivity index is 2.10. The van der Waals surface area contributed by atoms with Crippen molar-refractivity contribution in [2.75, 3.05) is 5.32 Å². The van der Waals surface area contributed by atoms with Crippen molar-refractivity contribution in [2.45, 2.75) is 30.5 Å². The number of urea groups is 1. The highest BCUT2D eigenvalue weighted by molar-refractivity contribution is 7.92. The molecule has 0 aliphatic rings. The number of carbonyl (C=O) groups excluding carboxylic acids is 1. The molecule has 2 rings (SSSR count). The predicted octanol–water partition coefficient (Wildman–Crippen LogP) is 3.19. The Kier molecular flexibility index (Phi) is 5.39. The molecule has 0 bridgehead atoms. The summed E-state index contributed by atoms with van der Waals surface area (Å²) in [7, 11) is -3.46. The summed E-state index contributed by atoms with van der Waals surface area (Å²) in [6.45, 7) is 3.59. The van der Waals surface area contributed by atoms with Crippen molar-refractivity contribution in [3.63, 3.8) is 0 Å². The smallest absolute Gasteiger partial charge is 0.319 e. The van der Waals surface area contributed by atoms with Gasteiger partial charge >= 0.3 is 6.03 Å². The Bertz CT molecular complexity index is 771. The zero-order chi connectivity index (χ0) is 16.9. The van der Waals surface area contributed by atoms with E-state index in [0.717, 1.165) is 5.56 Å². The van der Waals surface area contributed by atoms with Gasteiger partial charge < -0.3 is 10.6 Å². The molecule has 5 nitrogen and oxygen atoms in total. The van der Waals surface area contributed by atoms with Crippen molar-refractivity contribution in [1.82, 2.24) is 5.32 Å². The number of benzene rings is 2. The lowest BCUT2D eigenvalue weighted by Crippen LogP contribution is -2.29. The largest absolute Gasteiger partial charge is 0.334 e. The second kappa shape index (κ2) is 7.28. The fourth-order valence-corrected chi connectivity index (χ4v) is 3.22. The van der Waals surface area contributed by atoms with E-state index in [9.17, 15) is 13.2 Å². The first kappa shape index (κ1) is 17.0. The first-order valence-electron chi connectivity index (χ1n) is 7.33. The number of nitrogens with one attached hydrogen (secondary N) is 2. The van der Waals surface area contributed by atoms with Gasteiger partial charge in [0.25, 0.3) is 0 Å². The number of amides is 2. The van der Waals surface area contributed by atoms with E-state index >= 15 is 0 Å². The highest BCUT2D eigenvalue weighted by Gasteiger charge is 2.23. The minimum Gasteiger partial charge on any atom is -0.334 e. The number of sulfone groups is 1. The van der Waals surface area contributed by atoms with Crippen LogP contribution in [0.1, 0.15) is 19.4 Å². The molecule has 0 radical (unpaired) electrons. The average molecular weight is 332 g/mol. The summed E-state index contributed by atoms with van der Waals surface area (Å²) in [6.07, 6.45) is 0. The van der Waals surface area contributed by atoms with Gasteiger partial charge in [0.1, 0.15) is 0 Å². The van der Waals surface area contributed by atoms with Gasteiger partial charge in [0.05, 0.1) is 15.8 Å². The van der Waals surface area contributed by atoms with E-state index in [2.05, 4.69) is 10.6 Å². The maximum atomic E-state index is 12.3. The molecular formula is C17H20N2O3S. The average Bonchev–Trinajstić information content (AvgIpc) is 2.54. The summed E-state index contributed by atoms with van der Waals surface area (Å²) < 4.78 is 24.7. The molecule has 0 saturated heterocycles. The van der Waals surface area contributed by atoms with Gasteiger partial charge in [-0.1, -0.05) is 42.5 Å². The van der Waals surface area contributed by atoms with Gasteiger partial charge in [0.2, 0.25) is 0 Å². The second-order valence-electron chi connectivity index (χ2n) is 5.38. The fourth-order valence-electron chi connectivity index (χ4n) is 2.02. The van der Waals surface area contributed by atoms with E-state index < -0.39 is 21.1 Å². The topological polar surface area (TPSA) is 75.3 Å². The number of hydrogen-bond acceptors (Lipinski definition) is 3. The van der Waals surface area contributed by atoms with E-state index in [1.807, 2.05) is 30.3 Å². The van der Waals surface area contributed by atoms with Crippen LogP contribution in [-0.2, 0) is 16.4 Å². The van der Waals surface area contributed by atoms with E-state index in [0.29, 0.717) is 6.54 Å². The highest BCUT2D eigenvalue weighted by Crippen LogP contribution is 2.24. The highest BCUT2D eigenvalue weighted by atomic mass is 32.2. The zero-order valence-corrected chi connectivity index (χ0v) is 13.9. The minimum absolute atomic E-state index is 0.130. The van der Waals surface area contributed by atoms with Crippen molar-refractivity contribution in [2.24, 2.45) is 0 Å². The predicted molar refractivity (Wildman–Crippen MR) is 91.1 cm³/mol. The van der Waals surface area contributed by atoms with Gasteiger partial charge in [-0.2, -0.15) is 0 Å². The van der Waals surface area contributed by atoms with Gasteiger partial charge in [-0.15, -0.1) is 0 Å². The van der Waals surface area contributed by atoms with Crippen molar-refractivity contribution in [3.05, 3.63) is 60.2 Å². The lowest BCUT2D eigenvalue weighted by atomic mass is 10.2. The monoisotopic (exact) mass is 332 g/mol. The molecule has 2 amide bonds. The van der Waals surface area contributed by atoms with Crippen LogP contribution in [0.5, 0.6) is 0 Å². The fraction of sp³-hybridized carbons (Fsp3) is 0.235. The summed E-state index contributed by atoms with van der Waals surface area (Å²) in [5, 5.41) is 4.77. The van der Waals surface area contributed by atoms with Crippen LogP contribution in [0.3, 0.4) is 0 Å². The quantitative estimate of drug-likeness (QED) is 0.883. The molecule has 0 fully saturated rings. The maximum absolute atomic E-state index is 12.3. The molecule has 0 aliphatic heterocycles. The summed E-state index contributed by atoms with van der Waals surface area (Å²) in [6, 6.07) is 15.4. The van der Waals surface area contributed by atoms with Gasteiger partial charge in [-0.3, -0.25) is 0 Å². The first-order chi connectivity index (χ1) is 10.9. The van der Waals surface area contributed by atoms with Gasteiger partial charge in [0.15, 0.2) is 9.84 Å². The molecule has 2 aromatic carbocycles. The Morgan fingerprint density at radius 1 is 1.00 bits per heavy atom. The number of anilines is 1. The van der Waals surface area contributed by atoms with Crippen LogP contribution in [0.15, 0.2) is 59.5 Å². The molecule has 6 heteroatoms. The van der Waals surface area contributed by atoms with Crippen molar-refractivity contribution in [1.29, 1.82) is 0 Å². The molecule has 0 aromatic heterocycles. The molecule has 0 saturated carbocycles. The Morgan fingerprint density at radius 3 is 2.26 bits per heavy atom. The molecule has 23 heavy (non-hydrogen) atoms. The Labute approximate surface area is 136 Å². The van der Waals surface area contributed by atoms with Crippen LogP contribution < -0.4 is 10.6 Å². The second-order valence-corrected chi connectivity index (χ2v) is 7.86. The molecule has 0 aliphatic carbocycles. The minimum atomic E-state index is -3.46. The lowest BCUT2D eigenvalue weighted by Gasteiger charge is -2.14. The summed E-state index contributed by atoms with van der Waals surface area (Å²) in [5.74, 6) is 0. The molecular weight excluding hydrogens is 312 g/mol. The van der Waals surface area contributed by atoms with E-state index in [1.54, 1.807) is 32.0 Å². The number of rotatable bonds is 5. The van der Waals surface area contributed by atoms with Crippen LogP contribution >= 0.6 is 0 Å². The van der Waals surface area contributed by atoms with E-state index in [4.69, 9.17) is 0 Å². The van der Waals surface area contributed by atoms with Crippen LogP contribution in [0.2, 0.25) is 0 Å². The first-order valence-corrected chi connectivity index (χ1v) is 8.87. The summed E-state index contributed by atoms with van der Waals surface area (Å²) in [4.78, 5) is 12.1. The van der Waals surface area contributed by atoms with E-state index in [-0.39, 0.29) is 10.6 Å². The molecule has 0 heterocycles. The Hall–Kier alpha value is -2.34. The molecule has 122 valence electrons. The van der Waals surface area contributed by atoms with Crippen LogP contribution in [0.4, 0.5) is 10.5 Å². The number of hydrogen-bond donors (Lipinski definition) is 2. The summed E-state index contributed by atoms with van der Waals surface area (Å²) in [5.41, 5.74) is 1.25. The third-order valence-corrected chi connectivity index (χ3v) is 5.57. The molecule has 0 spiro atoms. The third kappa shape index (κ3) is 4.32. The van der Waals surface area contributed by atoms with Crippen LogP contribution in [0, 0.1) is 0 Å². The van der Waals surface area contributed by atoms with Gasteiger partial charge in [-0.25, -0.2) is 13.2 Å². The van der Waals surface area contributed by atoms with Crippen molar-refractivity contribution >= 4 is 21.6 Å². The zero-order valence-electron chi connectivity index (χ0n) is 13.1. The molecule has 2 N–H and O–H groups in total. The van der Waals surface area contributed by atoms with Crippen molar-refractivity contribution < 1.29 is 13.2 Å². The Morgan fingerprint density at radius 2 is 1.61 bits per heavy atom. The number of carbonyl (C=O) groups is 1. The summed E-state index contributed by atoms with van der Waals surface area (Å²) >= 11 is 0. The van der Waals surface area contributed by atoms with Crippen LogP contribution in [-0.4, -0.2) is 19.7 Å². The molecule has 2 aromatic rings. The standard InChI is InChI=1S/C17H20N2O3S/c1-13(2)23(21,22)16-11-7-6-10-15(16)19-17(20)18-12-14-8-4-3-5-9-14/h3-11,13H,12H2,1-2H3,(H2,18,19,20). The molecule has 0 atom stereocenters. The van der Waals surface area contributed by atoms with Gasteiger partial charge in [0, 0.05) is 6.54 Å². The number of para-hydroxylation sites is 1. The SMILES string of the molecule is CC(C)S(=O)(=O)c1ccccc1NC(=O)NCc1ccccc1. The third-order valence-electron chi connectivity index (χ3n) is 3.36. The lowest BCUT2D eigenvalue weighted by molar-refractivity contribution is 0.251. The van der Waals surface area contributed by atoms with Crippen LogP contribution in [0.25, 0.3) is 0 Å². The van der Waals surface area contributed by atoms with Crippen molar-refractivity contribution in [3.8, 4) is 0 Å². The molecule has 0 unspecified atom stereocenters. The maximum Gasteiger partial charge on any atom is 0.319 e.